The summed E-state index contributed by atoms with van der Waals surface area (Å²) in [6.07, 6.45) is 1.33. The van der Waals surface area contributed by atoms with Gasteiger partial charge in [-0.2, -0.15) is 14.0 Å². The van der Waals surface area contributed by atoms with E-state index < -0.39 is 23.6 Å². The number of nitrogens with one attached hydrogen (secondary N) is 2. The van der Waals surface area contributed by atoms with Crippen molar-refractivity contribution >= 4 is 62.7 Å². The van der Waals surface area contributed by atoms with E-state index in [4.69, 9.17) is 0 Å². The number of alkyl halides is 2. The summed E-state index contributed by atoms with van der Waals surface area (Å²) in [6.45, 7) is 4.83. The monoisotopic (exact) mass is 523 g/mol. The zero-order chi connectivity index (χ0) is 23.7. The highest BCUT2D eigenvalue weighted by Crippen LogP contribution is 2.37. The minimum Gasteiger partial charge on any atom is -0.355 e. The van der Waals surface area contributed by atoms with Crippen molar-refractivity contribution in [2.24, 2.45) is 4.99 Å². The number of thioether (sulfide) groups is 1. The highest BCUT2D eigenvalue weighted by molar-refractivity contribution is 9.11. The topological polar surface area (TPSA) is 97.6 Å². The molecular formula is C21H20BrF2N5O2S. The van der Waals surface area contributed by atoms with E-state index in [1.165, 1.54) is 11.1 Å². The van der Waals surface area contributed by atoms with Crippen LogP contribution in [0.5, 0.6) is 0 Å². The number of nitriles is 1. The van der Waals surface area contributed by atoms with Crippen molar-refractivity contribution in [1.82, 2.24) is 10.6 Å². The van der Waals surface area contributed by atoms with Crippen molar-refractivity contribution < 1.29 is 18.4 Å². The zero-order valence-corrected chi connectivity index (χ0v) is 19.5. The standard InChI is InChI=1S/C21H20BrF2N5O2S/c1-3-27-19(30)12-28-20(31)21(23,24)32-13-29(18(22)11-26-2)17-9-8-14(10-25)15-6-4-5-7-16(15)17/h4-9,11H,2-3,12-13H2,1H3,(H,27,30)(H,28,31)/b18-11-. The summed E-state index contributed by atoms with van der Waals surface area (Å²) in [6, 6.07) is 12.4. The lowest BCUT2D eigenvalue weighted by Crippen LogP contribution is -2.44. The van der Waals surface area contributed by atoms with E-state index in [-0.39, 0.29) is 17.6 Å². The average Bonchev–Trinajstić information content (AvgIpc) is 2.77. The van der Waals surface area contributed by atoms with Crippen LogP contribution in [0.3, 0.4) is 0 Å². The van der Waals surface area contributed by atoms with Crippen molar-refractivity contribution in [3.8, 4) is 6.07 Å². The normalized spacial score (nSPS) is 11.5. The molecule has 0 radical (unpaired) electrons. The molecule has 32 heavy (non-hydrogen) atoms. The first-order chi connectivity index (χ1) is 15.2. The number of rotatable bonds is 10. The maximum Gasteiger partial charge on any atom is 0.372 e. The molecule has 2 amide bonds. The second-order valence-electron chi connectivity index (χ2n) is 6.28. The summed E-state index contributed by atoms with van der Waals surface area (Å²) < 4.78 is 29.3. The van der Waals surface area contributed by atoms with Crippen LogP contribution in [0, 0.1) is 11.3 Å². The summed E-state index contributed by atoms with van der Waals surface area (Å²) in [4.78, 5) is 28.5. The zero-order valence-electron chi connectivity index (χ0n) is 17.1. The molecule has 2 rings (SSSR count). The molecule has 0 saturated carbocycles. The molecule has 0 fully saturated rings. The van der Waals surface area contributed by atoms with Crippen molar-refractivity contribution in [3.63, 3.8) is 0 Å². The molecule has 0 atom stereocenters. The van der Waals surface area contributed by atoms with Gasteiger partial charge in [0.25, 0.3) is 0 Å². The lowest BCUT2D eigenvalue weighted by atomic mass is 10.0. The van der Waals surface area contributed by atoms with Gasteiger partial charge >= 0.3 is 11.2 Å². The van der Waals surface area contributed by atoms with Gasteiger partial charge in [-0.3, -0.25) is 14.6 Å². The summed E-state index contributed by atoms with van der Waals surface area (Å²) in [5, 5.41) is 11.2. The molecule has 2 aromatic carbocycles. The van der Waals surface area contributed by atoms with Crippen molar-refractivity contribution in [2.45, 2.75) is 12.2 Å². The van der Waals surface area contributed by atoms with E-state index in [2.05, 4.69) is 39.0 Å². The van der Waals surface area contributed by atoms with Crippen LogP contribution < -0.4 is 15.5 Å². The SMILES string of the molecule is C=N/C=C(/Br)N(CSC(F)(F)C(=O)NCC(=O)NCC)c1ccc(C#N)c2ccccc12. The summed E-state index contributed by atoms with van der Waals surface area (Å²) in [5.74, 6) is -2.47. The number of benzene rings is 2. The molecule has 0 aromatic heterocycles. The van der Waals surface area contributed by atoms with Crippen LogP contribution in [0.1, 0.15) is 12.5 Å². The molecule has 2 N–H and O–H groups in total. The molecule has 0 aliphatic heterocycles. The van der Waals surface area contributed by atoms with Gasteiger partial charge in [0.15, 0.2) is 0 Å². The molecule has 0 aliphatic rings. The third-order valence-electron chi connectivity index (χ3n) is 4.19. The van der Waals surface area contributed by atoms with E-state index in [1.54, 1.807) is 43.3 Å². The van der Waals surface area contributed by atoms with Crippen LogP contribution in [0.4, 0.5) is 14.5 Å². The Morgan fingerprint density at radius 3 is 2.59 bits per heavy atom. The Morgan fingerprint density at radius 1 is 1.28 bits per heavy atom. The smallest absolute Gasteiger partial charge is 0.355 e. The fourth-order valence-electron chi connectivity index (χ4n) is 2.74. The molecule has 2 aromatic rings. The second kappa shape index (κ2) is 11.6. The lowest BCUT2D eigenvalue weighted by molar-refractivity contribution is -0.136. The number of nitrogens with zero attached hydrogens (tertiary/aromatic N) is 3. The molecule has 0 unspecified atom stereocenters. The van der Waals surface area contributed by atoms with Gasteiger partial charge in [-0.25, -0.2) is 0 Å². The number of amides is 2. The van der Waals surface area contributed by atoms with Gasteiger partial charge in [-0.15, -0.1) is 0 Å². The van der Waals surface area contributed by atoms with Gasteiger partial charge in [-0.1, -0.05) is 36.0 Å². The van der Waals surface area contributed by atoms with E-state index >= 15 is 0 Å². The summed E-state index contributed by atoms with van der Waals surface area (Å²) in [7, 11) is 0. The van der Waals surface area contributed by atoms with Gasteiger partial charge < -0.3 is 15.5 Å². The maximum atomic E-state index is 14.5. The maximum absolute atomic E-state index is 14.5. The predicted molar refractivity (Wildman–Crippen MR) is 127 cm³/mol. The molecular weight excluding hydrogens is 504 g/mol. The molecule has 0 saturated heterocycles. The minimum atomic E-state index is -3.80. The van der Waals surface area contributed by atoms with Gasteiger partial charge in [0, 0.05) is 17.3 Å². The van der Waals surface area contributed by atoms with Crippen LogP contribution in [0.2, 0.25) is 0 Å². The average molecular weight is 524 g/mol. The first kappa shape index (κ1) is 25.3. The lowest BCUT2D eigenvalue weighted by Gasteiger charge is -2.27. The number of carbonyl (C=O) groups is 2. The predicted octanol–water partition coefficient (Wildman–Crippen LogP) is 3.95. The quantitative estimate of drug-likeness (QED) is 0.279. The molecule has 11 heteroatoms. The minimum absolute atomic E-state index is 0.0784. The van der Waals surface area contributed by atoms with E-state index in [0.717, 1.165) is 0 Å². The Balaban J connectivity index is 2.30. The highest BCUT2D eigenvalue weighted by atomic mass is 79.9. The van der Waals surface area contributed by atoms with Crippen LogP contribution >= 0.6 is 27.7 Å². The Bertz CT molecular complexity index is 1090. The fourth-order valence-corrected chi connectivity index (χ4v) is 4.14. The first-order valence-electron chi connectivity index (χ1n) is 9.32. The largest absolute Gasteiger partial charge is 0.372 e. The number of hydrogen-bond donors (Lipinski definition) is 2. The van der Waals surface area contributed by atoms with Crippen molar-refractivity contribution in [3.05, 3.63) is 52.8 Å². The number of hydrogen-bond acceptors (Lipinski definition) is 6. The summed E-state index contributed by atoms with van der Waals surface area (Å²) in [5.41, 5.74) is 0.964. The van der Waals surface area contributed by atoms with Gasteiger partial charge in [0.2, 0.25) is 5.91 Å². The molecule has 7 nitrogen and oxygen atoms in total. The Labute approximate surface area is 196 Å². The number of halogens is 3. The van der Waals surface area contributed by atoms with E-state index in [0.29, 0.717) is 33.2 Å². The fraction of sp³-hybridized carbons (Fsp3) is 0.238. The Morgan fingerprint density at radius 2 is 1.97 bits per heavy atom. The van der Waals surface area contributed by atoms with E-state index in [1.807, 2.05) is 5.32 Å². The number of likely N-dealkylation sites (N-methyl/N-ethyl adjacent to an activating group) is 1. The Kier molecular flexibility index (Phi) is 9.16. The Hall–Kier alpha value is -2.97. The van der Waals surface area contributed by atoms with Crippen molar-refractivity contribution in [2.75, 3.05) is 23.9 Å². The second-order valence-corrected chi connectivity index (χ2v) is 8.15. The third-order valence-corrected chi connectivity index (χ3v) is 5.76. The van der Waals surface area contributed by atoms with Crippen LogP contribution in [0.25, 0.3) is 10.8 Å². The third kappa shape index (κ3) is 6.27. The number of anilines is 1. The van der Waals surface area contributed by atoms with Crippen LogP contribution in [-0.4, -0.2) is 42.8 Å². The molecule has 0 bridgehead atoms. The molecule has 0 heterocycles. The number of aliphatic imine (C=N–C) groups is 1. The van der Waals surface area contributed by atoms with Crippen molar-refractivity contribution in [1.29, 1.82) is 5.26 Å². The first-order valence-corrected chi connectivity index (χ1v) is 11.1. The summed E-state index contributed by atoms with van der Waals surface area (Å²) >= 11 is 3.39. The van der Waals surface area contributed by atoms with Crippen LogP contribution in [0.15, 0.2) is 52.2 Å². The van der Waals surface area contributed by atoms with E-state index in [9.17, 15) is 23.6 Å². The van der Waals surface area contributed by atoms with Crippen LogP contribution in [-0.2, 0) is 9.59 Å². The molecule has 0 spiro atoms. The number of fused-ring (bicyclic) bond motifs is 1. The number of carbonyl (C=O) groups excluding carboxylic acids is 2. The molecule has 0 aliphatic carbocycles. The highest BCUT2D eigenvalue weighted by Gasteiger charge is 2.40. The van der Waals surface area contributed by atoms with Gasteiger partial charge in [-0.05, 0) is 41.7 Å². The van der Waals surface area contributed by atoms with Gasteiger partial charge in [0.1, 0.15) is 4.61 Å². The van der Waals surface area contributed by atoms with Gasteiger partial charge in [0.05, 0.1) is 35.9 Å². The molecule has 168 valence electrons.